The van der Waals surface area contributed by atoms with Crippen LogP contribution in [0.5, 0.6) is 0 Å². The van der Waals surface area contributed by atoms with E-state index in [4.69, 9.17) is 0 Å². The van der Waals surface area contributed by atoms with Gasteiger partial charge in [0.05, 0.1) is 6.07 Å². The summed E-state index contributed by atoms with van der Waals surface area (Å²) in [6.07, 6.45) is 4.77. The predicted octanol–water partition coefficient (Wildman–Crippen LogP) is 5.01. The Labute approximate surface area is 157 Å². The number of hydrogen-bond donors (Lipinski definition) is 0. The van der Waals surface area contributed by atoms with E-state index in [1.165, 1.54) is 19.3 Å². The van der Waals surface area contributed by atoms with Crippen LogP contribution < -0.4 is 0 Å². The molecular formula is C24H28N2. The van der Waals surface area contributed by atoms with E-state index in [9.17, 15) is 5.26 Å². The highest BCUT2D eigenvalue weighted by molar-refractivity contribution is 5.46. The second-order valence-electron chi connectivity index (χ2n) is 8.27. The maximum absolute atomic E-state index is 10.4. The minimum absolute atomic E-state index is 0.559. The van der Waals surface area contributed by atoms with Crippen LogP contribution in [-0.4, -0.2) is 24.0 Å². The number of hydrogen-bond acceptors (Lipinski definition) is 2. The van der Waals surface area contributed by atoms with Gasteiger partial charge in [0, 0.05) is 12.1 Å². The van der Waals surface area contributed by atoms with E-state index in [1.807, 2.05) is 12.1 Å². The molecule has 2 heteroatoms. The average Bonchev–Trinajstić information content (AvgIpc) is 2.97. The molecule has 0 spiro atoms. The van der Waals surface area contributed by atoms with Gasteiger partial charge in [0.15, 0.2) is 0 Å². The van der Waals surface area contributed by atoms with Crippen LogP contribution in [0.15, 0.2) is 60.7 Å². The first kappa shape index (κ1) is 17.3. The lowest BCUT2D eigenvalue weighted by Crippen LogP contribution is -2.47. The Morgan fingerprint density at radius 1 is 1.00 bits per heavy atom. The number of benzene rings is 2. The molecule has 2 aliphatic rings. The van der Waals surface area contributed by atoms with Gasteiger partial charge in [0.1, 0.15) is 5.41 Å². The van der Waals surface area contributed by atoms with Crippen molar-refractivity contribution in [3.63, 3.8) is 0 Å². The van der Waals surface area contributed by atoms with Crippen LogP contribution in [0.1, 0.15) is 43.7 Å². The van der Waals surface area contributed by atoms with Crippen LogP contribution in [-0.2, 0) is 5.41 Å². The minimum atomic E-state index is -0.559. The molecule has 0 aromatic heterocycles. The summed E-state index contributed by atoms with van der Waals surface area (Å²) in [5.41, 5.74) is 1.70. The number of nitriles is 1. The molecule has 2 heterocycles. The van der Waals surface area contributed by atoms with Gasteiger partial charge in [0.2, 0.25) is 0 Å². The Kier molecular flexibility index (Phi) is 4.59. The lowest BCUT2D eigenvalue weighted by atomic mass is 9.65. The van der Waals surface area contributed by atoms with E-state index < -0.39 is 5.41 Å². The Bertz CT molecular complexity index is 737. The monoisotopic (exact) mass is 344 g/mol. The molecule has 2 aromatic carbocycles. The van der Waals surface area contributed by atoms with E-state index in [2.05, 4.69) is 73.5 Å². The maximum Gasteiger partial charge on any atom is 0.107 e. The lowest BCUT2D eigenvalue weighted by Gasteiger charge is -2.44. The molecule has 4 atom stereocenters. The Morgan fingerprint density at radius 2 is 1.58 bits per heavy atom. The minimum Gasteiger partial charge on any atom is -0.300 e. The third kappa shape index (κ3) is 2.75. The first-order valence-corrected chi connectivity index (χ1v) is 9.90. The third-order valence-electron chi connectivity index (χ3n) is 7.11. The Morgan fingerprint density at radius 3 is 2.12 bits per heavy atom. The molecule has 2 fully saturated rings. The average molecular weight is 345 g/mol. The highest BCUT2D eigenvalue weighted by atomic mass is 15.2. The smallest absolute Gasteiger partial charge is 0.107 e. The van der Waals surface area contributed by atoms with Gasteiger partial charge in [-0.3, -0.25) is 0 Å². The van der Waals surface area contributed by atoms with Crippen molar-refractivity contribution in [1.29, 1.82) is 5.26 Å². The summed E-state index contributed by atoms with van der Waals surface area (Å²) in [6.45, 7) is 2.41. The van der Waals surface area contributed by atoms with Crippen LogP contribution in [0.4, 0.5) is 0 Å². The van der Waals surface area contributed by atoms with E-state index >= 15 is 0 Å². The van der Waals surface area contributed by atoms with E-state index in [-0.39, 0.29) is 0 Å². The van der Waals surface area contributed by atoms with Crippen molar-refractivity contribution in [2.45, 2.75) is 50.1 Å². The molecule has 4 rings (SSSR count). The highest BCUT2D eigenvalue weighted by Crippen LogP contribution is 2.47. The molecule has 0 radical (unpaired) electrons. The zero-order chi connectivity index (χ0) is 18.1. The van der Waals surface area contributed by atoms with Gasteiger partial charge in [0.25, 0.3) is 0 Å². The predicted molar refractivity (Wildman–Crippen MR) is 106 cm³/mol. The molecule has 4 unspecified atom stereocenters. The Balaban J connectivity index is 1.74. The second-order valence-corrected chi connectivity index (χ2v) is 8.27. The van der Waals surface area contributed by atoms with Crippen LogP contribution in [0, 0.1) is 23.2 Å². The zero-order valence-corrected chi connectivity index (χ0v) is 15.8. The summed E-state index contributed by atoms with van der Waals surface area (Å²) in [5.74, 6) is 1.22. The van der Waals surface area contributed by atoms with Crippen molar-refractivity contribution < 1.29 is 0 Å². The van der Waals surface area contributed by atoms with Gasteiger partial charge < -0.3 is 4.90 Å². The van der Waals surface area contributed by atoms with Crippen LogP contribution in [0.2, 0.25) is 0 Å². The van der Waals surface area contributed by atoms with Crippen LogP contribution in [0.3, 0.4) is 0 Å². The maximum atomic E-state index is 10.4. The molecule has 0 amide bonds. The summed E-state index contributed by atoms with van der Waals surface area (Å²) in [7, 11) is 2.29. The van der Waals surface area contributed by atoms with E-state index in [1.54, 1.807) is 0 Å². The van der Waals surface area contributed by atoms with Gasteiger partial charge in [-0.1, -0.05) is 67.6 Å². The first-order valence-electron chi connectivity index (χ1n) is 9.90. The fraction of sp³-hybridized carbons (Fsp3) is 0.458. The number of rotatable bonds is 4. The Hall–Kier alpha value is -2.11. The molecule has 0 saturated carbocycles. The SMILES string of the molecule is CC1C(CC(C#N)(c2ccccc2)c2ccccc2)CC2CCC1N2C. The molecule has 2 bridgehead atoms. The van der Waals surface area contributed by atoms with Crippen molar-refractivity contribution in [1.82, 2.24) is 4.90 Å². The van der Waals surface area contributed by atoms with Crippen LogP contribution in [0.25, 0.3) is 0 Å². The molecule has 0 aliphatic carbocycles. The molecule has 2 nitrogen and oxygen atoms in total. The van der Waals surface area contributed by atoms with Crippen molar-refractivity contribution >= 4 is 0 Å². The molecular weight excluding hydrogens is 316 g/mol. The van der Waals surface area contributed by atoms with Crippen molar-refractivity contribution in [3.8, 4) is 6.07 Å². The van der Waals surface area contributed by atoms with E-state index in [0.29, 0.717) is 23.9 Å². The number of nitrogens with zero attached hydrogens (tertiary/aromatic N) is 2. The fourth-order valence-corrected chi connectivity index (χ4v) is 5.52. The van der Waals surface area contributed by atoms with Gasteiger partial charge in [-0.25, -0.2) is 0 Å². The third-order valence-corrected chi connectivity index (χ3v) is 7.11. The fourth-order valence-electron chi connectivity index (χ4n) is 5.52. The summed E-state index contributed by atoms with van der Waals surface area (Å²) < 4.78 is 0. The van der Waals surface area contributed by atoms with Gasteiger partial charge in [-0.05, 0) is 55.7 Å². The standard InChI is InChI=1S/C24H28N2/c1-18-19(15-22-13-14-23(18)26(22)2)16-24(17-25,20-9-5-3-6-10-20)21-11-7-4-8-12-21/h3-12,18-19,22-23H,13-16H2,1-2H3. The van der Waals surface area contributed by atoms with Crippen LogP contribution >= 0.6 is 0 Å². The largest absolute Gasteiger partial charge is 0.300 e. The van der Waals surface area contributed by atoms with Crippen molar-refractivity contribution in [2.75, 3.05) is 7.05 Å². The van der Waals surface area contributed by atoms with E-state index in [0.717, 1.165) is 17.5 Å². The number of piperidine rings is 1. The topological polar surface area (TPSA) is 27.0 Å². The summed E-state index contributed by atoms with van der Waals surface area (Å²) in [4.78, 5) is 2.60. The molecule has 2 aromatic rings. The summed E-state index contributed by atoms with van der Waals surface area (Å²) in [6, 6.07) is 25.0. The molecule has 134 valence electrons. The summed E-state index contributed by atoms with van der Waals surface area (Å²) in [5, 5.41) is 10.4. The normalized spacial score (nSPS) is 28.7. The number of fused-ring (bicyclic) bond motifs is 2. The highest BCUT2D eigenvalue weighted by Gasteiger charge is 2.47. The van der Waals surface area contributed by atoms with Gasteiger partial charge in [-0.15, -0.1) is 0 Å². The quantitative estimate of drug-likeness (QED) is 0.780. The molecule has 26 heavy (non-hydrogen) atoms. The lowest BCUT2D eigenvalue weighted by molar-refractivity contribution is 0.0677. The first-order chi connectivity index (χ1) is 12.7. The zero-order valence-electron chi connectivity index (χ0n) is 15.8. The summed E-state index contributed by atoms with van der Waals surface area (Å²) >= 11 is 0. The molecule has 2 aliphatic heterocycles. The second kappa shape index (κ2) is 6.89. The van der Waals surface area contributed by atoms with Gasteiger partial charge >= 0.3 is 0 Å². The van der Waals surface area contributed by atoms with Crippen molar-refractivity contribution in [3.05, 3.63) is 71.8 Å². The molecule has 2 saturated heterocycles. The molecule has 0 N–H and O–H groups in total. The van der Waals surface area contributed by atoms with Crippen molar-refractivity contribution in [2.24, 2.45) is 11.8 Å². The van der Waals surface area contributed by atoms with Gasteiger partial charge in [-0.2, -0.15) is 5.26 Å².